The molecule has 32 heavy (non-hydrogen) atoms. The van der Waals surface area contributed by atoms with E-state index in [1.807, 2.05) is 0 Å². The third-order valence-corrected chi connectivity index (χ3v) is 6.17. The van der Waals surface area contributed by atoms with Crippen LogP contribution in [0.25, 0.3) is 0 Å². The first kappa shape index (κ1) is 28.2. The van der Waals surface area contributed by atoms with E-state index in [1.54, 1.807) is 24.3 Å². The van der Waals surface area contributed by atoms with Crippen molar-refractivity contribution in [1.82, 2.24) is 0 Å². The first-order chi connectivity index (χ1) is 15.6. The zero-order chi connectivity index (χ0) is 23.4. The molecule has 1 rings (SSSR count). The Balaban J connectivity index is 2.15. The lowest BCUT2D eigenvalue weighted by Gasteiger charge is -2.13. The normalized spacial score (nSPS) is 11.0. The molecule has 0 aliphatic rings. The van der Waals surface area contributed by atoms with Gasteiger partial charge in [0.2, 0.25) is 0 Å². The molecule has 1 aromatic rings. The van der Waals surface area contributed by atoms with Crippen molar-refractivity contribution in [3.05, 3.63) is 35.4 Å². The monoisotopic (exact) mass is 446 g/mol. The molecule has 0 heterocycles. The Labute approximate surface area is 196 Å². The van der Waals surface area contributed by atoms with Crippen LogP contribution in [0.1, 0.15) is 131 Å². The quantitative estimate of drug-likeness (QED) is 0.159. The van der Waals surface area contributed by atoms with E-state index in [2.05, 4.69) is 20.8 Å². The Morgan fingerprint density at radius 2 is 1.16 bits per heavy atom. The average molecular weight is 447 g/mol. The predicted molar refractivity (Wildman–Crippen MR) is 132 cm³/mol. The van der Waals surface area contributed by atoms with Crippen LogP contribution in [0.4, 0.5) is 0 Å². The predicted octanol–water partition coefficient (Wildman–Crippen LogP) is 8.14. The Hall–Kier alpha value is -1.84. The fourth-order valence-corrected chi connectivity index (χ4v) is 3.77. The summed E-state index contributed by atoms with van der Waals surface area (Å²) in [5, 5.41) is 0. The molecule has 0 bridgehead atoms. The highest BCUT2D eigenvalue weighted by Gasteiger charge is 2.14. The molecule has 0 atom stereocenters. The molecule has 0 fully saturated rings. The van der Waals surface area contributed by atoms with E-state index in [4.69, 9.17) is 9.47 Å². The lowest BCUT2D eigenvalue weighted by Crippen LogP contribution is -2.14. The highest BCUT2D eigenvalue weighted by molar-refractivity contribution is 5.95. The zero-order valence-corrected chi connectivity index (χ0v) is 20.8. The number of esters is 2. The highest BCUT2D eigenvalue weighted by atomic mass is 16.5. The van der Waals surface area contributed by atoms with Crippen molar-refractivity contribution in [1.29, 1.82) is 0 Å². The van der Waals surface area contributed by atoms with Gasteiger partial charge < -0.3 is 9.47 Å². The van der Waals surface area contributed by atoms with Crippen LogP contribution >= 0.6 is 0 Å². The van der Waals surface area contributed by atoms with Crippen LogP contribution in [0.3, 0.4) is 0 Å². The third-order valence-electron chi connectivity index (χ3n) is 6.17. The molecule has 0 saturated heterocycles. The van der Waals surface area contributed by atoms with Gasteiger partial charge in [0.05, 0.1) is 24.3 Å². The van der Waals surface area contributed by atoms with Gasteiger partial charge >= 0.3 is 11.9 Å². The largest absolute Gasteiger partial charge is 0.462 e. The number of rotatable bonds is 19. The maximum Gasteiger partial charge on any atom is 0.338 e. The maximum atomic E-state index is 12.3. The van der Waals surface area contributed by atoms with Crippen molar-refractivity contribution in [2.24, 2.45) is 5.92 Å². The fourth-order valence-electron chi connectivity index (χ4n) is 3.77. The molecular formula is C28H46O4. The van der Waals surface area contributed by atoms with Gasteiger partial charge in [-0.15, -0.1) is 0 Å². The second kappa shape index (κ2) is 18.7. The van der Waals surface area contributed by atoms with Crippen LogP contribution < -0.4 is 0 Å². The summed E-state index contributed by atoms with van der Waals surface area (Å²) < 4.78 is 10.8. The van der Waals surface area contributed by atoms with E-state index in [1.165, 1.54) is 64.2 Å². The van der Waals surface area contributed by atoms with E-state index < -0.39 is 0 Å². The molecule has 0 saturated carbocycles. The van der Waals surface area contributed by atoms with E-state index >= 15 is 0 Å². The summed E-state index contributed by atoms with van der Waals surface area (Å²) in [6.45, 7) is 7.29. The van der Waals surface area contributed by atoms with Crippen LogP contribution in [0.5, 0.6) is 0 Å². The number of unbranched alkanes of at least 4 members (excludes halogenated alkanes) is 11. The van der Waals surface area contributed by atoms with Crippen molar-refractivity contribution in [2.75, 3.05) is 13.2 Å². The summed E-state index contributed by atoms with van der Waals surface area (Å²) >= 11 is 0. The molecule has 0 aliphatic carbocycles. The molecule has 0 aliphatic heterocycles. The summed E-state index contributed by atoms with van der Waals surface area (Å²) in [4.78, 5) is 24.6. The minimum atomic E-state index is -0.382. The maximum absolute atomic E-state index is 12.3. The number of benzene rings is 1. The minimum absolute atomic E-state index is 0.372. The van der Waals surface area contributed by atoms with Gasteiger partial charge in [0.1, 0.15) is 0 Å². The Morgan fingerprint density at radius 3 is 1.66 bits per heavy atom. The number of hydrogen-bond donors (Lipinski definition) is 0. The van der Waals surface area contributed by atoms with Gasteiger partial charge in [-0.05, 0) is 30.5 Å². The highest BCUT2D eigenvalue weighted by Crippen LogP contribution is 2.14. The van der Waals surface area contributed by atoms with Crippen LogP contribution in [0.2, 0.25) is 0 Å². The van der Waals surface area contributed by atoms with E-state index in [9.17, 15) is 9.59 Å². The zero-order valence-electron chi connectivity index (χ0n) is 20.8. The smallest absolute Gasteiger partial charge is 0.338 e. The van der Waals surface area contributed by atoms with Gasteiger partial charge in [-0.1, -0.05) is 110 Å². The molecule has 0 spiro atoms. The SMILES string of the molecule is CCCCCCCCCCCCCCOC(=O)c1cccc(C(=O)OCC(CC)CC)c1. The molecule has 182 valence electrons. The molecule has 0 radical (unpaired) electrons. The van der Waals surface area contributed by atoms with Crippen LogP contribution in [-0.2, 0) is 9.47 Å². The van der Waals surface area contributed by atoms with Crippen molar-refractivity contribution < 1.29 is 19.1 Å². The molecule has 0 unspecified atom stereocenters. The van der Waals surface area contributed by atoms with Crippen molar-refractivity contribution in [3.8, 4) is 0 Å². The standard InChI is InChI=1S/C28H46O4/c1-4-7-8-9-10-11-12-13-14-15-16-17-21-31-27(29)25-19-18-20-26(22-25)28(30)32-23-24(5-2)6-3/h18-20,22,24H,4-17,21,23H2,1-3H3. The second-order valence-corrected chi connectivity index (χ2v) is 8.89. The molecular weight excluding hydrogens is 400 g/mol. The topological polar surface area (TPSA) is 52.6 Å². The second-order valence-electron chi connectivity index (χ2n) is 8.89. The summed E-state index contributed by atoms with van der Waals surface area (Å²) in [5.74, 6) is -0.377. The number of hydrogen-bond acceptors (Lipinski definition) is 4. The van der Waals surface area contributed by atoms with E-state index in [0.29, 0.717) is 30.3 Å². The third kappa shape index (κ3) is 12.9. The van der Waals surface area contributed by atoms with Crippen molar-refractivity contribution in [2.45, 2.75) is 111 Å². The Morgan fingerprint density at radius 1 is 0.688 bits per heavy atom. The summed E-state index contributed by atoms with van der Waals surface area (Å²) in [6, 6.07) is 6.63. The summed E-state index contributed by atoms with van der Waals surface area (Å²) in [7, 11) is 0. The van der Waals surface area contributed by atoms with Gasteiger partial charge in [-0.3, -0.25) is 0 Å². The van der Waals surface area contributed by atoms with Crippen LogP contribution in [0, 0.1) is 5.92 Å². The lowest BCUT2D eigenvalue weighted by atomic mass is 10.1. The van der Waals surface area contributed by atoms with Crippen LogP contribution in [0.15, 0.2) is 24.3 Å². The fraction of sp³-hybridized carbons (Fsp3) is 0.714. The average Bonchev–Trinajstić information content (AvgIpc) is 2.82. The van der Waals surface area contributed by atoms with Crippen molar-refractivity contribution in [3.63, 3.8) is 0 Å². The number of ether oxygens (including phenoxy) is 2. The molecule has 0 N–H and O–H groups in total. The molecule has 0 amide bonds. The van der Waals surface area contributed by atoms with Crippen LogP contribution in [-0.4, -0.2) is 25.2 Å². The van der Waals surface area contributed by atoms with Gasteiger partial charge in [-0.25, -0.2) is 9.59 Å². The minimum Gasteiger partial charge on any atom is -0.462 e. The van der Waals surface area contributed by atoms with Crippen molar-refractivity contribution >= 4 is 11.9 Å². The summed E-state index contributed by atoms with van der Waals surface area (Å²) in [6.07, 6.45) is 17.3. The molecule has 1 aromatic carbocycles. The van der Waals surface area contributed by atoms with Gasteiger partial charge in [0.25, 0.3) is 0 Å². The number of carbonyl (C=O) groups is 2. The van der Waals surface area contributed by atoms with E-state index in [-0.39, 0.29) is 11.9 Å². The first-order valence-electron chi connectivity index (χ1n) is 13.1. The summed E-state index contributed by atoms with van der Waals surface area (Å²) in [5.41, 5.74) is 0.802. The van der Waals surface area contributed by atoms with Gasteiger partial charge in [0.15, 0.2) is 0 Å². The molecule has 0 aromatic heterocycles. The van der Waals surface area contributed by atoms with Gasteiger partial charge in [-0.2, -0.15) is 0 Å². The van der Waals surface area contributed by atoms with Gasteiger partial charge in [0, 0.05) is 0 Å². The molecule has 4 heteroatoms. The first-order valence-corrected chi connectivity index (χ1v) is 13.1. The van der Waals surface area contributed by atoms with E-state index in [0.717, 1.165) is 25.7 Å². The lowest BCUT2D eigenvalue weighted by molar-refractivity contribution is 0.0433. The Kier molecular flexibility index (Phi) is 16.5. The number of carbonyl (C=O) groups excluding carboxylic acids is 2. The molecule has 4 nitrogen and oxygen atoms in total. The Bertz CT molecular complexity index is 622.